The van der Waals surface area contributed by atoms with E-state index in [0.29, 0.717) is 4.88 Å². The summed E-state index contributed by atoms with van der Waals surface area (Å²) in [5, 5.41) is 9.32. The molecule has 0 aromatic carbocycles. The maximum atomic E-state index is 11.3. The summed E-state index contributed by atoms with van der Waals surface area (Å²) in [5.74, 6) is 0.144. The average molecular weight is 315 g/mol. The smallest absolute Gasteiger partial charge is 0.346 e. The minimum Gasteiger partial charge on any atom is -0.477 e. The number of carbonyl (C=O) groups is 1. The van der Waals surface area contributed by atoms with Crippen LogP contribution in [0.4, 0.5) is 0 Å². The predicted octanol–water partition coefficient (Wildman–Crippen LogP) is 4.43. The van der Waals surface area contributed by atoms with Crippen molar-refractivity contribution in [1.29, 1.82) is 0 Å². The van der Waals surface area contributed by atoms with Crippen LogP contribution in [0, 0.1) is 5.92 Å². The van der Waals surface area contributed by atoms with Gasteiger partial charge in [0.25, 0.3) is 0 Å². The normalized spacial score (nSPS) is 31.7. The first-order chi connectivity index (χ1) is 8.11. The van der Waals surface area contributed by atoms with E-state index in [-0.39, 0.29) is 5.41 Å². The molecular weight excluding hydrogens is 300 g/mol. The van der Waals surface area contributed by atoms with Gasteiger partial charge >= 0.3 is 5.97 Å². The summed E-state index contributed by atoms with van der Waals surface area (Å²) in [5.41, 5.74) is 1.27. The van der Waals surface area contributed by atoms with Crippen LogP contribution in [0.15, 0.2) is 9.85 Å². The van der Waals surface area contributed by atoms with Crippen molar-refractivity contribution in [3.8, 4) is 0 Å². The number of hydrogen-bond donors (Lipinski definition) is 1. The maximum Gasteiger partial charge on any atom is 0.346 e. The van der Waals surface area contributed by atoms with E-state index in [9.17, 15) is 9.90 Å². The van der Waals surface area contributed by atoms with Crippen LogP contribution in [0.5, 0.6) is 0 Å². The molecule has 0 unspecified atom stereocenters. The molecule has 2 nitrogen and oxygen atoms in total. The zero-order chi connectivity index (χ0) is 12.0. The molecule has 1 N–H and O–H groups in total. The molecule has 3 aliphatic carbocycles. The van der Waals surface area contributed by atoms with E-state index >= 15 is 0 Å². The number of rotatable bonds is 2. The fraction of sp³-hybridized carbons (Fsp3) is 0.615. The number of aromatic carboxylic acids is 1. The molecule has 0 amide bonds. The molecule has 1 heterocycles. The van der Waals surface area contributed by atoms with Gasteiger partial charge in [-0.25, -0.2) is 4.79 Å². The number of fused-ring (bicyclic) bond motifs is 3. The molecule has 3 saturated carbocycles. The maximum absolute atomic E-state index is 11.3. The number of halogens is 1. The lowest BCUT2D eigenvalue weighted by atomic mass is 9.58. The summed E-state index contributed by atoms with van der Waals surface area (Å²) in [7, 11) is 0. The lowest BCUT2D eigenvalue weighted by Crippen LogP contribution is -2.38. The molecule has 17 heavy (non-hydrogen) atoms. The van der Waals surface area contributed by atoms with Crippen LogP contribution in [0.3, 0.4) is 0 Å². The molecule has 2 bridgehead atoms. The van der Waals surface area contributed by atoms with Gasteiger partial charge in [-0.05, 0) is 77.4 Å². The first-order valence-electron chi connectivity index (χ1n) is 6.14. The number of carboxylic acids is 1. The predicted molar refractivity (Wildman–Crippen MR) is 71.8 cm³/mol. The summed E-state index contributed by atoms with van der Waals surface area (Å²) < 4.78 is 0.951. The standard InChI is InChI=1S/C13H15BrO2S/c14-10-7-9(11(17-10)12(15)16)13-4-1-8(2-5-13)3-6-13/h7-8H,1-6H2,(H,15,16). The average Bonchev–Trinajstić information content (AvgIpc) is 2.75. The molecule has 1 aromatic rings. The van der Waals surface area contributed by atoms with Crippen molar-refractivity contribution in [2.24, 2.45) is 5.92 Å². The van der Waals surface area contributed by atoms with E-state index in [1.165, 1.54) is 49.9 Å². The Kier molecular flexibility index (Phi) is 2.82. The highest BCUT2D eigenvalue weighted by Gasteiger charge is 2.44. The molecule has 1 aromatic heterocycles. The topological polar surface area (TPSA) is 37.3 Å². The summed E-state index contributed by atoms with van der Waals surface area (Å²) in [4.78, 5) is 11.9. The van der Waals surface area contributed by atoms with Crippen molar-refractivity contribution < 1.29 is 9.90 Å². The minimum atomic E-state index is -0.766. The molecule has 0 spiro atoms. The summed E-state index contributed by atoms with van der Waals surface area (Å²) in [6.45, 7) is 0. The Bertz CT molecular complexity index is 444. The Morgan fingerprint density at radius 2 is 1.94 bits per heavy atom. The SMILES string of the molecule is O=C(O)c1sc(Br)cc1C12CCC(CC1)CC2. The van der Waals surface area contributed by atoms with Gasteiger partial charge in [-0.15, -0.1) is 11.3 Å². The lowest BCUT2D eigenvalue weighted by Gasteiger charge is -2.46. The van der Waals surface area contributed by atoms with Gasteiger partial charge in [0.2, 0.25) is 0 Å². The van der Waals surface area contributed by atoms with Crippen LogP contribution < -0.4 is 0 Å². The largest absolute Gasteiger partial charge is 0.477 e. The van der Waals surface area contributed by atoms with Crippen LogP contribution in [0.25, 0.3) is 0 Å². The first-order valence-corrected chi connectivity index (χ1v) is 7.75. The van der Waals surface area contributed by atoms with Crippen molar-refractivity contribution in [2.75, 3.05) is 0 Å². The second kappa shape index (κ2) is 4.09. The Balaban J connectivity index is 2.05. The zero-order valence-electron chi connectivity index (χ0n) is 9.54. The summed E-state index contributed by atoms with van der Waals surface area (Å²) in [6.07, 6.45) is 7.40. The molecule has 0 saturated heterocycles. The van der Waals surface area contributed by atoms with Gasteiger partial charge in [-0.3, -0.25) is 0 Å². The molecule has 3 fully saturated rings. The van der Waals surface area contributed by atoms with Crippen molar-refractivity contribution in [1.82, 2.24) is 0 Å². The van der Waals surface area contributed by atoms with E-state index in [1.807, 2.05) is 0 Å². The van der Waals surface area contributed by atoms with E-state index in [4.69, 9.17) is 0 Å². The second-order valence-corrected chi connectivity index (χ2v) is 7.79. The van der Waals surface area contributed by atoms with Crippen LogP contribution >= 0.6 is 27.3 Å². The number of hydrogen-bond acceptors (Lipinski definition) is 2. The lowest BCUT2D eigenvalue weighted by molar-refractivity contribution is 0.0693. The van der Waals surface area contributed by atoms with Crippen LogP contribution in [0.2, 0.25) is 0 Å². The molecule has 0 radical (unpaired) electrons. The van der Waals surface area contributed by atoms with Crippen molar-refractivity contribution >= 4 is 33.2 Å². The monoisotopic (exact) mass is 314 g/mol. The van der Waals surface area contributed by atoms with E-state index in [1.54, 1.807) is 0 Å². The third kappa shape index (κ3) is 1.85. The van der Waals surface area contributed by atoms with Gasteiger partial charge in [0, 0.05) is 0 Å². The molecule has 92 valence electrons. The summed E-state index contributed by atoms with van der Waals surface area (Å²) >= 11 is 4.80. The van der Waals surface area contributed by atoms with E-state index in [0.717, 1.165) is 15.3 Å². The Labute approximate surface area is 113 Å². The third-order valence-corrected chi connectivity index (χ3v) is 6.19. The van der Waals surface area contributed by atoms with Crippen molar-refractivity contribution in [2.45, 2.75) is 43.9 Å². The summed E-state index contributed by atoms with van der Waals surface area (Å²) in [6, 6.07) is 2.06. The Hall–Kier alpha value is -0.350. The van der Waals surface area contributed by atoms with E-state index < -0.39 is 5.97 Å². The highest BCUT2D eigenvalue weighted by Crippen LogP contribution is 2.53. The number of thiophene rings is 1. The minimum absolute atomic E-state index is 0.172. The number of carboxylic acid groups (broad SMARTS) is 1. The molecule has 0 aliphatic heterocycles. The fourth-order valence-electron chi connectivity index (χ4n) is 3.57. The van der Waals surface area contributed by atoms with Crippen LogP contribution in [-0.2, 0) is 5.41 Å². The van der Waals surface area contributed by atoms with Crippen LogP contribution in [0.1, 0.15) is 53.8 Å². The third-order valence-electron chi connectivity index (χ3n) is 4.56. The fourth-order valence-corrected chi connectivity index (χ4v) is 5.13. The van der Waals surface area contributed by atoms with Crippen molar-refractivity contribution in [3.63, 3.8) is 0 Å². The van der Waals surface area contributed by atoms with Gasteiger partial charge in [0.05, 0.1) is 3.79 Å². The van der Waals surface area contributed by atoms with Crippen molar-refractivity contribution in [3.05, 3.63) is 20.3 Å². The first kappa shape index (κ1) is 11.7. The van der Waals surface area contributed by atoms with Gasteiger partial charge in [0.1, 0.15) is 4.88 Å². The molecule has 3 aliphatic rings. The molecular formula is C13H15BrO2S. The van der Waals surface area contributed by atoms with Crippen LogP contribution in [-0.4, -0.2) is 11.1 Å². The Morgan fingerprint density at radius 3 is 2.47 bits per heavy atom. The van der Waals surface area contributed by atoms with E-state index in [2.05, 4.69) is 22.0 Å². The highest BCUT2D eigenvalue weighted by atomic mass is 79.9. The van der Waals surface area contributed by atoms with Gasteiger partial charge in [0.15, 0.2) is 0 Å². The molecule has 0 atom stereocenters. The van der Waals surface area contributed by atoms with Gasteiger partial charge in [-0.1, -0.05) is 0 Å². The Morgan fingerprint density at radius 1 is 1.35 bits per heavy atom. The van der Waals surface area contributed by atoms with Gasteiger partial charge < -0.3 is 5.11 Å². The molecule has 4 heteroatoms. The zero-order valence-corrected chi connectivity index (χ0v) is 11.9. The second-order valence-electron chi connectivity index (χ2n) is 5.36. The quantitative estimate of drug-likeness (QED) is 0.876. The highest BCUT2D eigenvalue weighted by molar-refractivity contribution is 9.11. The molecule has 4 rings (SSSR count). The van der Waals surface area contributed by atoms with Gasteiger partial charge in [-0.2, -0.15) is 0 Å².